The quantitative estimate of drug-likeness (QED) is 0.351. The first kappa shape index (κ1) is 20.1. The van der Waals surface area contributed by atoms with Crippen LogP contribution in [0.5, 0.6) is 5.75 Å². The van der Waals surface area contributed by atoms with Crippen molar-refractivity contribution in [2.24, 2.45) is 4.99 Å². The maximum absolute atomic E-state index is 13.4. The van der Waals surface area contributed by atoms with E-state index in [9.17, 15) is 4.79 Å². The van der Waals surface area contributed by atoms with E-state index in [2.05, 4.69) is 15.1 Å². The Balaban J connectivity index is 1.87. The number of nitrogens with zero attached hydrogens (tertiary/aromatic N) is 3. The number of thiazole rings is 1. The summed E-state index contributed by atoms with van der Waals surface area (Å²) in [5, 5.41) is 12.9. The van der Waals surface area contributed by atoms with Crippen LogP contribution in [0.15, 0.2) is 58.3 Å². The number of rotatable bonds is 7. The standard InChI is InChI=1S/C22H22N4O3S/c1-14(23-12-5-13-27)19-20(15-8-10-16(29-2)11-9-15)25-26(21(19)28)22-24-17-6-3-4-7-18(17)30-22/h3-4,6-11,25,27H,5,12-13H2,1-2H3. The normalized spacial score (nSPS) is 11.9. The van der Waals surface area contributed by atoms with E-state index in [1.54, 1.807) is 7.11 Å². The molecule has 0 saturated carbocycles. The summed E-state index contributed by atoms with van der Waals surface area (Å²) in [5.74, 6) is 0.738. The number of hydrogen-bond donors (Lipinski definition) is 2. The molecule has 0 aliphatic rings. The summed E-state index contributed by atoms with van der Waals surface area (Å²) in [7, 11) is 1.61. The Labute approximate surface area is 177 Å². The van der Waals surface area contributed by atoms with Gasteiger partial charge in [0.1, 0.15) is 5.75 Å². The van der Waals surface area contributed by atoms with E-state index in [0.29, 0.717) is 35.1 Å². The number of para-hydroxylation sites is 1. The van der Waals surface area contributed by atoms with Crippen molar-refractivity contribution in [1.29, 1.82) is 0 Å². The van der Waals surface area contributed by atoms with E-state index >= 15 is 0 Å². The van der Waals surface area contributed by atoms with Gasteiger partial charge in [0, 0.05) is 24.4 Å². The van der Waals surface area contributed by atoms with E-state index in [1.807, 2.05) is 55.5 Å². The minimum absolute atomic E-state index is 0.0607. The van der Waals surface area contributed by atoms with Gasteiger partial charge in [-0.15, -0.1) is 0 Å². The fraction of sp³-hybridized carbons (Fsp3) is 0.227. The Hall–Kier alpha value is -3.23. The van der Waals surface area contributed by atoms with Crippen molar-refractivity contribution in [1.82, 2.24) is 14.8 Å². The average Bonchev–Trinajstić information content (AvgIpc) is 3.34. The highest BCUT2D eigenvalue weighted by Gasteiger charge is 2.21. The molecular weight excluding hydrogens is 400 g/mol. The van der Waals surface area contributed by atoms with E-state index < -0.39 is 0 Å². The lowest BCUT2D eigenvalue weighted by molar-refractivity contribution is 0.291. The molecule has 0 radical (unpaired) electrons. The molecule has 0 bridgehead atoms. The van der Waals surface area contributed by atoms with Crippen molar-refractivity contribution in [3.05, 3.63) is 64.4 Å². The second-order valence-corrected chi connectivity index (χ2v) is 7.75. The minimum Gasteiger partial charge on any atom is -0.497 e. The van der Waals surface area contributed by atoms with Crippen LogP contribution in [0.25, 0.3) is 26.6 Å². The molecule has 0 saturated heterocycles. The van der Waals surface area contributed by atoms with Gasteiger partial charge in [0.25, 0.3) is 5.56 Å². The zero-order valence-electron chi connectivity index (χ0n) is 16.8. The summed E-state index contributed by atoms with van der Waals surface area (Å²) in [5.41, 5.74) is 3.28. The van der Waals surface area contributed by atoms with Crippen molar-refractivity contribution >= 4 is 27.3 Å². The number of aliphatic hydroxyl groups is 1. The third-order valence-electron chi connectivity index (χ3n) is 4.77. The zero-order valence-corrected chi connectivity index (χ0v) is 17.6. The molecule has 7 nitrogen and oxygen atoms in total. The Kier molecular flexibility index (Phi) is 5.78. The van der Waals surface area contributed by atoms with Crippen LogP contribution in [0, 0.1) is 0 Å². The number of benzene rings is 2. The number of ether oxygens (including phenoxy) is 1. The molecule has 2 heterocycles. The number of fused-ring (bicyclic) bond motifs is 1. The molecule has 30 heavy (non-hydrogen) atoms. The molecule has 0 aliphatic carbocycles. The number of aromatic nitrogens is 3. The van der Waals surface area contributed by atoms with Crippen molar-refractivity contribution in [3.63, 3.8) is 0 Å². The predicted molar refractivity (Wildman–Crippen MR) is 120 cm³/mol. The molecule has 0 amide bonds. The maximum Gasteiger partial charge on any atom is 0.283 e. The topological polar surface area (TPSA) is 92.5 Å². The first-order valence-corrected chi connectivity index (χ1v) is 10.4. The van der Waals surface area contributed by atoms with Crippen molar-refractivity contribution in [3.8, 4) is 22.1 Å². The van der Waals surface area contributed by atoms with Gasteiger partial charge in [0.15, 0.2) is 0 Å². The Morgan fingerprint density at radius 2 is 2.00 bits per heavy atom. The number of hydrogen-bond acceptors (Lipinski definition) is 6. The first-order valence-electron chi connectivity index (χ1n) is 9.60. The van der Waals surface area contributed by atoms with E-state index in [4.69, 9.17) is 9.84 Å². The summed E-state index contributed by atoms with van der Waals surface area (Å²) >= 11 is 1.45. The third-order valence-corrected chi connectivity index (χ3v) is 5.79. The number of aliphatic hydroxyl groups excluding tert-OH is 1. The van der Waals surface area contributed by atoms with Crippen LogP contribution in [0.3, 0.4) is 0 Å². The lowest BCUT2D eigenvalue weighted by Crippen LogP contribution is -2.19. The number of aliphatic imine (C=N–C) groups is 1. The molecule has 4 rings (SSSR count). The lowest BCUT2D eigenvalue weighted by atomic mass is 10.1. The summed E-state index contributed by atoms with van der Waals surface area (Å²) in [6.45, 7) is 2.33. The molecule has 2 aromatic heterocycles. The van der Waals surface area contributed by atoms with E-state index in [1.165, 1.54) is 16.0 Å². The number of nitrogens with one attached hydrogen (secondary N) is 1. The van der Waals surface area contributed by atoms with Crippen LogP contribution in [0.2, 0.25) is 0 Å². The molecule has 0 aliphatic heterocycles. The van der Waals surface area contributed by atoms with Gasteiger partial charge in [0.05, 0.1) is 28.6 Å². The van der Waals surface area contributed by atoms with E-state index in [0.717, 1.165) is 21.5 Å². The molecule has 2 aromatic carbocycles. The Morgan fingerprint density at radius 3 is 2.70 bits per heavy atom. The largest absolute Gasteiger partial charge is 0.497 e. The highest BCUT2D eigenvalue weighted by molar-refractivity contribution is 7.20. The van der Waals surface area contributed by atoms with Crippen LogP contribution in [-0.4, -0.2) is 45.8 Å². The van der Waals surface area contributed by atoms with Crippen LogP contribution in [0.4, 0.5) is 0 Å². The second kappa shape index (κ2) is 8.64. The summed E-state index contributed by atoms with van der Waals surface area (Å²) in [4.78, 5) is 22.5. The van der Waals surface area contributed by atoms with Gasteiger partial charge in [0.2, 0.25) is 5.13 Å². The van der Waals surface area contributed by atoms with Crippen molar-refractivity contribution < 1.29 is 9.84 Å². The van der Waals surface area contributed by atoms with E-state index in [-0.39, 0.29) is 12.2 Å². The molecule has 0 atom stereocenters. The predicted octanol–water partition coefficient (Wildman–Crippen LogP) is 3.64. The monoisotopic (exact) mass is 422 g/mol. The second-order valence-electron chi connectivity index (χ2n) is 6.74. The maximum atomic E-state index is 13.4. The van der Waals surface area contributed by atoms with Gasteiger partial charge in [-0.1, -0.05) is 23.5 Å². The van der Waals surface area contributed by atoms with Crippen LogP contribution >= 0.6 is 11.3 Å². The Morgan fingerprint density at radius 1 is 1.23 bits per heavy atom. The number of methoxy groups -OCH3 is 1. The zero-order chi connectivity index (χ0) is 21.1. The molecular formula is C22H22N4O3S. The van der Waals surface area contributed by atoms with Gasteiger partial charge < -0.3 is 9.84 Å². The summed E-state index contributed by atoms with van der Waals surface area (Å²) in [6, 6.07) is 15.3. The number of H-pyrrole nitrogens is 1. The summed E-state index contributed by atoms with van der Waals surface area (Å²) in [6.07, 6.45) is 0.547. The highest BCUT2D eigenvalue weighted by Crippen LogP contribution is 2.27. The molecule has 8 heteroatoms. The summed E-state index contributed by atoms with van der Waals surface area (Å²) < 4.78 is 7.73. The average molecular weight is 423 g/mol. The van der Waals surface area contributed by atoms with Crippen molar-refractivity contribution in [2.75, 3.05) is 20.3 Å². The van der Waals surface area contributed by atoms with Crippen molar-refractivity contribution in [2.45, 2.75) is 13.3 Å². The lowest BCUT2D eigenvalue weighted by Gasteiger charge is -2.04. The van der Waals surface area contributed by atoms with Gasteiger partial charge in [-0.25, -0.2) is 4.98 Å². The molecule has 2 N–H and O–H groups in total. The third kappa shape index (κ3) is 3.79. The van der Waals surface area contributed by atoms with Crippen LogP contribution in [-0.2, 0) is 0 Å². The molecule has 4 aromatic rings. The molecule has 0 spiro atoms. The smallest absolute Gasteiger partial charge is 0.283 e. The minimum atomic E-state index is -0.204. The van der Waals surface area contributed by atoms with Crippen LogP contribution < -0.4 is 10.3 Å². The highest BCUT2D eigenvalue weighted by atomic mass is 32.1. The number of aromatic amines is 1. The van der Waals surface area contributed by atoms with Gasteiger partial charge in [-0.2, -0.15) is 4.68 Å². The fourth-order valence-electron chi connectivity index (χ4n) is 3.23. The SMILES string of the molecule is COc1ccc(-c2[nH]n(-c3nc4ccccc4s3)c(=O)c2C(C)=NCCCO)cc1. The van der Waals surface area contributed by atoms with Gasteiger partial charge >= 0.3 is 0 Å². The Bertz CT molecular complexity index is 1220. The fourth-order valence-corrected chi connectivity index (χ4v) is 4.15. The first-order chi connectivity index (χ1) is 14.6. The van der Waals surface area contributed by atoms with Gasteiger partial charge in [-0.05, 0) is 49.7 Å². The molecule has 0 fully saturated rings. The molecule has 154 valence electrons. The van der Waals surface area contributed by atoms with Crippen LogP contribution in [0.1, 0.15) is 18.9 Å². The van der Waals surface area contributed by atoms with Gasteiger partial charge in [-0.3, -0.25) is 14.9 Å². The molecule has 0 unspecified atom stereocenters.